The first-order valence-corrected chi connectivity index (χ1v) is 6.47. The molecule has 0 radical (unpaired) electrons. The summed E-state index contributed by atoms with van der Waals surface area (Å²) in [6.45, 7) is 3.02. The van der Waals surface area contributed by atoms with Crippen molar-refractivity contribution < 1.29 is 4.74 Å². The van der Waals surface area contributed by atoms with Crippen LogP contribution < -0.4 is 15.8 Å². The second-order valence-corrected chi connectivity index (χ2v) is 4.11. The first kappa shape index (κ1) is 12.5. The lowest BCUT2D eigenvalue weighted by Crippen LogP contribution is -2.11. The number of thiazole rings is 1. The fraction of sp³-hybridized carbons (Fsp3) is 0.400. The second kappa shape index (κ2) is 6.10. The summed E-state index contributed by atoms with van der Waals surface area (Å²) in [5.41, 5.74) is 8.41. The van der Waals surface area contributed by atoms with Gasteiger partial charge in [-0.2, -0.15) is 15.0 Å². The van der Waals surface area contributed by atoms with E-state index in [1.54, 1.807) is 11.3 Å². The molecule has 2 aromatic heterocycles. The van der Waals surface area contributed by atoms with Gasteiger partial charge in [-0.15, -0.1) is 11.3 Å². The van der Waals surface area contributed by atoms with E-state index in [1.807, 2.05) is 17.8 Å². The van der Waals surface area contributed by atoms with Gasteiger partial charge in [0.1, 0.15) is 0 Å². The van der Waals surface area contributed by atoms with Crippen LogP contribution in [-0.4, -0.2) is 33.1 Å². The van der Waals surface area contributed by atoms with E-state index < -0.39 is 0 Å². The van der Waals surface area contributed by atoms with Gasteiger partial charge in [0.05, 0.1) is 17.8 Å². The van der Waals surface area contributed by atoms with Crippen molar-refractivity contribution in [3.8, 4) is 6.01 Å². The molecule has 0 saturated carbocycles. The minimum absolute atomic E-state index is 0.143. The van der Waals surface area contributed by atoms with Crippen molar-refractivity contribution in [2.24, 2.45) is 0 Å². The van der Waals surface area contributed by atoms with Gasteiger partial charge in [-0.25, -0.2) is 4.98 Å². The molecule has 0 atom stereocenters. The third-order valence-electron chi connectivity index (χ3n) is 2.05. The largest absolute Gasteiger partial charge is 0.464 e. The maximum atomic E-state index is 5.56. The van der Waals surface area contributed by atoms with Crippen LogP contribution in [0, 0.1) is 0 Å². The zero-order chi connectivity index (χ0) is 12.8. The normalized spacial score (nSPS) is 10.3. The van der Waals surface area contributed by atoms with E-state index in [1.165, 1.54) is 0 Å². The molecule has 7 nitrogen and oxygen atoms in total. The minimum Gasteiger partial charge on any atom is -0.464 e. The van der Waals surface area contributed by atoms with Crippen molar-refractivity contribution in [2.45, 2.75) is 13.3 Å². The number of rotatable bonds is 6. The molecule has 0 spiro atoms. The van der Waals surface area contributed by atoms with E-state index in [0.717, 1.165) is 12.1 Å². The monoisotopic (exact) mass is 266 g/mol. The number of nitrogens with one attached hydrogen (secondary N) is 1. The van der Waals surface area contributed by atoms with E-state index in [4.69, 9.17) is 10.5 Å². The van der Waals surface area contributed by atoms with Gasteiger partial charge in [0.2, 0.25) is 11.9 Å². The third kappa shape index (κ3) is 3.52. The van der Waals surface area contributed by atoms with Crippen LogP contribution in [0.25, 0.3) is 0 Å². The summed E-state index contributed by atoms with van der Waals surface area (Å²) in [6.07, 6.45) is 0.805. The lowest BCUT2D eigenvalue weighted by Gasteiger charge is -2.06. The Bertz CT molecular complexity index is 489. The highest BCUT2D eigenvalue weighted by molar-refractivity contribution is 7.07. The summed E-state index contributed by atoms with van der Waals surface area (Å²) in [5.74, 6) is 0.561. The topological polar surface area (TPSA) is 98.8 Å². The molecule has 3 N–H and O–H groups in total. The van der Waals surface area contributed by atoms with Gasteiger partial charge >= 0.3 is 6.01 Å². The maximum absolute atomic E-state index is 5.56. The third-order valence-corrected chi connectivity index (χ3v) is 2.69. The Kier molecular flexibility index (Phi) is 4.24. The highest BCUT2D eigenvalue weighted by Gasteiger charge is 2.04. The number of hydrogen-bond acceptors (Lipinski definition) is 8. The summed E-state index contributed by atoms with van der Waals surface area (Å²) in [4.78, 5) is 16.1. The van der Waals surface area contributed by atoms with E-state index in [2.05, 4.69) is 25.3 Å². The first-order valence-electron chi connectivity index (χ1n) is 5.53. The molecule has 0 amide bonds. The summed E-state index contributed by atoms with van der Waals surface area (Å²) >= 11 is 1.58. The van der Waals surface area contributed by atoms with Crippen molar-refractivity contribution in [3.05, 3.63) is 16.6 Å². The van der Waals surface area contributed by atoms with Gasteiger partial charge in [-0.05, 0) is 6.92 Å². The van der Waals surface area contributed by atoms with Gasteiger partial charge in [-0.3, -0.25) is 0 Å². The standard InChI is InChI=1S/C10H14N6OS/c1-2-17-10-15-8(11)14-9(16-10)12-4-3-7-5-18-6-13-7/h5-6H,2-4H2,1H3,(H3,11,12,14,15,16). The molecule has 2 aromatic rings. The summed E-state index contributed by atoms with van der Waals surface area (Å²) < 4.78 is 5.19. The highest BCUT2D eigenvalue weighted by atomic mass is 32.1. The Labute approximate surface area is 108 Å². The van der Waals surface area contributed by atoms with Crippen LogP contribution in [0.1, 0.15) is 12.6 Å². The molecule has 0 aliphatic rings. The van der Waals surface area contributed by atoms with E-state index in [0.29, 0.717) is 19.1 Å². The molecular formula is C10H14N6OS. The number of nitrogen functional groups attached to an aromatic ring is 1. The molecule has 0 aromatic carbocycles. The van der Waals surface area contributed by atoms with Crippen molar-refractivity contribution in [3.63, 3.8) is 0 Å². The molecular weight excluding hydrogens is 252 g/mol. The van der Waals surface area contributed by atoms with Crippen LogP contribution in [0.2, 0.25) is 0 Å². The Balaban J connectivity index is 1.92. The molecule has 0 aliphatic carbocycles. The molecule has 2 rings (SSSR count). The number of nitrogens with zero attached hydrogens (tertiary/aromatic N) is 4. The molecule has 18 heavy (non-hydrogen) atoms. The smallest absolute Gasteiger partial charge is 0.323 e. The second-order valence-electron chi connectivity index (χ2n) is 3.39. The molecule has 0 aliphatic heterocycles. The van der Waals surface area contributed by atoms with E-state index >= 15 is 0 Å². The fourth-order valence-electron chi connectivity index (χ4n) is 1.31. The minimum atomic E-state index is 0.143. The van der Waals surface area contributed by atoms with Gasteiger partial charge in [0.25, 0.3) is 0 Å². The van der Waals surface area contributed by atoms with Crippen molar-refractivity contribution in [1.29, 1.82) is 0 Å². The van der Waals surface area contributed by atoms with Crippen LogP contribution in [0.3, 0.4) is 0 Å². The Morgan fingerprint density at radius 3 is 3.00 bits per heavy atom. The predicted octanol–water partition coefficient (Wildman–Crippen LogP) is 0.964. The highest BCUT2D eigenvalue weighted by Crippen LogP contribution is 2.09. The van der Waals surface area contributed by atoms with Crippen LogP contribution in [0.4, 0.5) is 11.9 Å². The van der Waals surface area contributed by atoms with Crippen LogP contribution in [-0.2, 0) is 6.42 Å². The van der Waals surface area contributed by atoms with Crippen LogP contribution >= 0.6 is 11.3 Å². The summed E-state index contributed by atoms with van der Waals surface area (Å²) in [7, 11) is 0. The predicted molar refractivity (Wildman–Crippen MR) is 69.7 cm³/mol. The molecule has 0 unspecified atom stereocenters. The van der Waals surface area contributed by atoms with Gasteiger partial charge < -0.3 is 15.8 Å². The van der Waals surface area contributed by atoms with Crippen molar-refractivity contribution >= 4 is 23.2 Å². The van der Waals surface area contributed by atoms with Crippen molar-refractivity contribution in [2.75, 3.05) is 24.2 Å². The zero-order valence-corrected chi connectivity index (χ0v) is 10.8. The van der Waals surface area contributed by atoms with E-state index in [9.17, 15) is 0 Å². The molecule has 0 fully saturated rings. The lowest BCUT2D eigenvalue weighted by atomic mass is 10.3. The lowest BCUT2D eigenvalue weighted by molar-refractivity contribution is 0.312. The molecule has 96 valence electrons. The van der Waals surface area contributed by atoms with Crippen LogP contribution in [0.15, 0.2) is 10.9 Å². The Morgan fingerprint density at radius 2 is 2.28 bits per heavy atom. The van der Waals surface area contributed by atoms with Gasteiger partial charge in [0, 0.05) is 18.3 Å². The number of nitrogens with two attached hydrogens (primary N) is 1. The van der Waals surface area contributed by atoms with Gasteiger partial charge in [0.15, 0.2) is 0 Å². The van der Waals surface area contributed by atoms with Gasteiger partial charge in [-0.1, -0.05) is 0 Å². The molecule has 0 saturated heterocycles. The quantitative estimate of drug-likeness (QED) is 0.803. The fourth-order valence-corrected chi connectivity index (χ4v) is 1.90. The summed E-state index contributed by atoms with van der Waals surface area (Å²) in [5, 5.41) is 5.07. The van der Waals surface area contributed by atoms with Crippen LogP contribution in [0.5, 0.6) is 6.01 Å². The zero-order valence-electron chi connectivity index (χ0n) is 9.96. The van der Waals surface area contributed by atoms with Crippen molar-refractivity contribution in [1.82, 2.24) is 19.9 Å². The first-order chi connectivity index (χ1) is 8.78. The maximum Gasteiger partial charge on any atom is 0.323 e. The van der Waals surface area contributed by atoms with E-state index in [-0.39, 0.29) is 12.0 Å². The Morgan fingerprint density at radius 1 is 1.39 bits per heavy atom. The molecule has 8 heteroatoms. The number of hydrogen-bond donors (Lipinski definition) is 2. The number of anilines is 2. The Hall–Kier alpha value is -1.96. The average Bonchev–Trinajstić information content (AvgIpc) is 2.82. The molecule has 0 bridgehead atoms. The SMILES string of the molecule is CCOc1nc(N)nc(NCCc2cscn2)n1. The average molecular weight is 266 g/mol. The molecule has 2 heterocycles. The number of aromatic nitrogens is 4. The summed E-state index contributed by atoms with van der Waals surface area (Å²) in [6, 6.07) is 0.237. The number of ether oxygens (including phenoxy) is 1.